The third kappa shape index (κ3) is 3.47. The van der Waals surface area contributed by atoms with E-state index in [1.165, 1.54) is 11.3 Å². The van der Waals surface area contributed by atoms with Crippen molar-refractivity contribution >= 4 is 5.82 Å². The van der Waals surface area contributed by atoms with Gasteiger partial charge in [0.1, 0.15) is 11.6 Å². The van der Waals surface area contributed by atoms with E-state index in [2.05, 4.69) is 30.2 Å². The van der Waals surface area contributed by atoms with E-state index in [9.17, 15) is 0 Å². The zero-order valence-corrected chi connectivity index (χ0v) is 14.4. The van der Waals surface area contributed by atoms with E-state index in [1.54, 1.807) is 12.4 Å². The molecule has 0 saturated carbocycles. The predicted octanol–water partition coefficient (Wildman–Crippen LogP) is 2.91. The first-order valence-corrected chi connectivity index (χ1v) is 8.51. The van der Waals surface area contributed by atoms with Crippen LogP contribution in [0.2, 0.25) is 0 Å². The summed E-state index contributed by atoms with van der Waals surface area (Å²) in [7, 11) is 0. The van der Waals surface area contributed by atoms with Crippen LogP contribution in [0.15, 0.2) is 36.8 Å². The Morgan fingerprint density at radius 1 is 1.08 bits per heavy atom. The van der Waals surface area contributed by atoms with Gasteiger partial charge in [-0.15, -0.1) is 0 Å². The van der Waals surface area contributed by atoms with Crippen LogP contribution in [-0.2, 0) is 12.8 Å². The number of hydrogen-bond donors (Lipinski definition) is 1. The maximum absolute atomic E-state index is 4.69. The third-order valence-corrected chi connectivity index (χ3v) is 4.42. The Bertz CT molecular complexity index is 894. The van der Waals surface area contributed by atoms with Crippen LogP contribution in [0.5, 0.6) is 0 Å². The zero-order chi connectivity index (χ0) is 17.2. The fourth-order valence-corrected chi connectivity index (χ4v) is 3.21. The average Bonchev–Trinajstić information content (AvgIpc) is 2.62. The summed E-state index contributed by atoms with van der Waals surface area (Å²) in [5.74, 6) is 2.43. The highest BCUT2D eigenvalue weighted by atomic mass is 15.1. The first-order valence-electron chi connectivity index (χ1n) is 8.51. The van der Waals surface area contributed by atoms with Gasteiger partial charge in [-0.2, -0.15) is 0 Å². The summed E-state index contributed by atoms with van der Waals surface area (Å²) in [4.78, 5) is 22.2. The summed E-state index contributed by atoms with van der Waals surface area (Å²) < 4.78 is 0. The molecule has 3 aromatic rings. The van der Waals surface area contributed by atoms with Gasteiger partial charge in [0.05, 0.1) is 0 Å². The molecule has 1 aliphatic rings. The van der Waals surface area contributed by atoms with Gasteiger partial charge in [0.25, 0.3) is 0 Å². The van der Waals surface area contributed by atoms with Crippen molar-refractivity contribution in [3.05, 3.63) is 59.6 Å². The summed E-state index contributed by atoms with van der Waals surface area (Å²) in [6.07, 6.45) is 8.40. The van der Waals surface area contributed by atoms with Crippen LogP contribution >= 0.6 is 0 Å². The Hall–Kier alpha value is -2.89. The minimum atomic E-state index is 0.332. The number of hydrogen-bond acceptors (Lipinski definition) is 6. The maximum Gasteiger partial charge on any atom is 0.161 e. The van der Waals surface area contributed by atoms with Gasteiger partial charge in [-0.05, 0) is 50.8 Å². The van der Waals surface area contributed by atoms with Gasteiger partial charge in [0.15, 0.2) is 5.82 Å². The Morgan fingerprint density at radius 2 is 1.92 bits per heavy atom. The highest BCUT2D eigenvalue weighted by Crippen LogP contribution is 2.23. The van der Waals surface area contributed by atoms with Crippen molar-refractivity contribution in [1.29, 1.82) is 0 Å². The monoisotopic (exact) mass is 332 g/mol. The lowest BCUT2D eigenvalue weighted by Crippen LogP contribution is -2.28. The molecule has 1 unspecified atom stereocenters. The Labute approximate surface area is 146 Å². The van der Waals surface area contributed by atoms with E-state index >= 15 is 0 Å². The Balaban J connectivity index is 1.55. The Kier molecular flexibility index (Phi) is 4.09. The number of rotatable bonds is 3. The molecular weight excluding hydrogens is 312 g/mol. The molecule has 4 rings (SSSR count). The lowest BCUT2D eigenvalue weighted by Gasteiger charge is -2.25. The van der Waals surface area contributed by atoms with Crippen molar-refractivity contribution in [2.24, 2.45) is 0 Å². The predicted molar refractivity (Wildman–Crippen MR) is 96.2 cm³/mol. The van der Waals surface area contributed by atoms with Crippen LogP contribution in [0.1, 0.15) is 29.2 Å². The van der Waals surface area contributed by atoms with Crippen LogP contribution in [0.3, 0.4) is 0 Å². The topological polar surface area (TPSA) is 76.5 Å². The maximum atomic E-state index is 4.69. The number of nitrogens with one attached hydrogen (secondary N) is 1. The molecule has 25 heavy (non-hydrogen) atoms. The number of nitrogens with zero attached hydrogens (tertiary/aromatic N) is 5. The minimum absolute atomic E-state index is 0.332. The fraction of sp³-hybridized carbons (Fsp3) is 0.316. The molecule has 0 aliphatic heterocycles. The van der Waals surface area contributed by atoms with E-state index < -0.39 is 0 Å². The van der Waals surface area contributed by atoms with Crippen molar-refractivity contribution in [3.63, 3.8) is 0 Å². The van der Waals surface area contributed by atoms with Crippen molar-refractivity contribution in [3.8, 4) is 11.4 Å². The van der Waals surface area contributed by atoms with Gasteiger partial charge in [0.2, 0.25) is 0 Å². The van der Waals surface area contributed by atoms with Crippen molar-refractivity contribution in [1.82, 2.24) is 24.9 Å². The fourth-order valence-electron chi connectivity index (χ4n) is 3.21. The summed E-state index contributed by atoms with van der Waals surface area (Å²) in [6.45, 7) is 3.93. The number of aromatic nitrogens is 5. The van der Waals surface area contributed by atoms with Gasteiger partial charge < -0.3 is 5.32 Å². The van der Waals surface area contributed by atoms with E-state index in [1.807, 2.05) is 38.2 Å². The molecule has 0 amide bonds. The molecule has 0 aromatic carbocycles. The van der Waals surface area contributed by atoms with E-state index in [0.29, 0.717) is 6.04 Å². The molecule has 0 radical (unpaired) electrons. The molecule has 0 saturated heterocycles. The first-order chi connectivity index (χ1) is 12.2. The van der Waals surface area contributed by atoms with E-state index in [-0.39, 0.29) is 0 Å². The first kappa shape index (κ1) is 15.6. The third-order valence-electron chi connectivity index (χ3n) is 4.42. The zero-order valence-electron chi connectivity index (χ0n) is 14.4. The summed E-state index contributed by atoms with van der Waals surface area (Å²) in [6, 6.07) is 6.18. The van der Waals surface area contributed by atoms with Gasteiger partial charge in [-0.1, -0.05) is 0 Å². The smallest absolute Gasteiger partial charge is 0.161 e. The molecule has 1 atom stereocenters. The molecule has 1 N–H and O–H groups in total. The van der Waals surface area contributed by atoms with Gasteiger partial charge >= 0.3 is 0 Å². The molecule has 1 aliphatic carbocycles. The molecule has 6 heteroatoms. The average molecular weight is 332 g/mol. The van der Waals surface area contributed by atoms with Gasteiger partial charge in [-0.3, -0.25) is 4.98 Å². The van der Waals surface area contributed by atoms with Crippen molar-refractivity contribution in [2.45, 2.75) is 39.2 Å². The highest BCUT2D eigenvalue weighted by Gasteiger charge is 2.20. The minimum Gasteiger partial charge on any atom is -0.367 e. The molecule has 6 nitrogen and oxygen atoms in total. The largest absolute Gasteiger partial charge is 0.367 e. The SMILES string of the molecule is Cc1cc(NC2CCc3nc(C)ncc3C2)nc(-c2ccncc2)n1. The van der Waals surface area contributed by atoms with E-state index in [4.69, 9.17) is 0 Å². The molecule has 3 heterocycles. The molecule has 0 fully saturated rings. The second-order valence-corrected chi connectivity index (χ2v) is 6.43. The van der Waals surface area contributed by atoms with Crippen LogP contribution in [0, 0.1) is 13.8 Å². The number of anilines is 1. The molecule has 0 bridgehead atoms. The van der Waals surface area contributed by atoms with Gasteiger partial charge in [0, 0.05) is 47.7 Å². The summed E-state index contributed by atoms with van der Waals surface area (Å²) in [5, 5.41) is 3.57. The van der Waals surface area contributed by atoms with Crippen molar-refractivity contribution in [2.75, 3.05) is 5.32 Å². The normalized spacial score (nSPS) is 16.3. The summed E-state index contributed by atoms with van der Waals surface area (Å²) in [5.41, 5.74) is 4.33. The van der Waals surface area contributed by atoms with Crippen molar-refractivity contribution < 1.29 is 0 Å². The van der Waals surface area contributed by atoms with Crippen LogP contribution in [0.4, 0.5) is 5.82 Å². The molecular formula is C19H20N6. The second kappa shape index (κ2) is 6.55. The number of aryl methyl sites for hydroxylation is 3. The Morgan fingerprint density at radius 3 is 2.76 bits per heavy atom. The standard InChI is InChI=1S/C19H20N6/c1-12-9-18(25-19(22-12)14-5-7-20-8-6-14)24-16-3-4-17-15(10-16)11-21-13(2)23-17/h5-9,11,16H,3-4,10H2,1-2H3,(H,22,24,25). The second-order valence-electron chi connectivity index (χ2n) is 6.43. The molecule has 3 aromatic heterocycles. The van der Waals surface area contributed by atoms with Crippen LogP contribution < -0.4 is 5.32 Å². The lowest BCUT2D eigenvalue weighted by molar-refractivity contribution is 0.591. The molecule has 0 spiro atoms. The number of fused-ring (bicyclic) bond motifs is 1. The number of pyridine rings is 1. The quantitative estimate of drug-likeness (QED) is 0.795. The lowest BCUT2D eigenvalue weighted by atomic mass is 9.93. The highest BCUT2D eigenvalue weighted by molar-refractivity contribution is 5.56. The molecule has 126 valence electrons. The summed E-state index contributed by atoms with van der Waals surface area (Å²) >= 11 is 0. The van der Waals surface area contributed by atoms with E-state index in [0.717, 1.165) is 48.0 Å². The van der Waals surface area contributed by atoms with Gasteiger partial charge in [-0.25, -0.2) is 19.9 Å². The van der Waals surface area contributed by atoms with Crippen LogP contribution in [-0.4, -0.2) is 31.0 Å². The van der Waals surface area contributed by atoms with Crippen LogP contribution in [0.25, 0.3) is 11.4 Å².